The molecule has 1 saturated heterocycles. The molecule has 0 aromatic rings. The number of nitrogens with one attached hydrogen (secondary N) is 2. The third-order valence-electron chi connectivity index (χ3n) is 2.33. The highest BCUT2D eigenvalue weighted by atomic mass is 16.5. The van der Waals surface area contributed by atoms with Crippen molar-refractivity contribution in [2.75, 3.05) is 6.61 Å². The summed E-state index contributed by atoms with van der Waals surface area (Å²) in [4.78, 5) is 33.6. The van der Waals surface area contributed by atoms with E-state index in [1.165, 1.54) is 0 Å². The first kappa shape index (κ1) is 12.6. The van der Waals surface area contributed by atoms with Gasteiger partial charge in [-0.15, -0.1) is 0 Å². The summed E-state index contributed by atoms with van der Waals surface area (Å²) in [7, 11) is 0. The van der Waals surface area contributed by atoms with Crippen molar-refractivity contribution >= 4 is 17.8 Å². The molecule has 16 heavy (non-hydrogen) atoms. The fourth-order valence-corrected chi connectivity index (χ4v) is 1.49. The Balaban J connectivity index is 2.44. The molecule has 0 radical (unpaired) electrons. The fraction of sp³-hybridized carbons (Fsp3) is 0.700. The third-order valence-corrected chi connectivity index (χ3v) is 2.33. The third kappa shape index (κ3) is 3.30. The van der Waals surface area contributed by atoms with Gasteiger partial charge in [-0.1, -0.05) is 0 Å². The Morgan fingerprint density at radius 1 is 1.62 bits per heavy atom. The maximum Gasteiger partial charge on any atom is 0.322 e. The minimum atomic E-state index is -0.552. The predicted octanol–water partition coefficient (Wildman–Crippen LogP) is -0.667. The van der Waals surface area contributed by atoms with Crippen LogP contribution in [0.4, 0.5) is 0 Å². The molecule has 0 aliphatic carbocycles. The van der Waals surface area contributed by atoms with Crippen LogP contribution in [0.3, 0.4) is 0 Å². The Labute approximate surface area is 93.7 Å². The number of ether oxygens (including phenoxy) is 1. The van der Waals surface area contributed by atoms with E-state index in [1.807, 2.05) is 0 Å². The van der Waals surface area contributed by atoms with Crippen LogP contribution in [-0.4, -0.2) is 36.5 Å². The number of piperidine rings is 1. The zero-order chi connectivity index (χ0) is 12.1. The summed E-state index contributed by atoms with van der Waals surface area (Å²) in [6, 6.07) is -1.05. The normalized spacial score (nSPS) is 22.5. The van der Waals surface area contributed by atoms with Gasteiger partial charge < -0.3 is 4.74 Å². The van der Waals surface area contributed by atoms with Crippen molar-refractivity contribution in [1.29, 1.82) is 0 Å². The van der Waals surface area contributed by atoms with Crippen molar-refractivity contribution in [2.24, 2.45) is 0 Å². The number of esters is 1. The SMILES string of the molecule is CCOC(=O)C(C)NC1CCC(=O)NC1=O. The largest absolute Gasteiger partial charge is 0.465 e. The molecule has 1 fully saturated rings. The number of hydrogen-bond donors (Lipinski definition) is 2. The highest BCUT2D eigenvalue weighted by molar-refractivity contribution is 6.00. The van der Waals surface area contributed by atoms with Crippen molar-refractivity contribution in [3.63, 3.8) is 0 Å². The molecular formula is C10H16N2O4. The van der Waals surface area contributed by atoms with Crippen LogP contribution in [0.25, 0.3) is 0 Å². The number of amides is 2. The van der Waals surface area contributed by atoms with Crippen LogP contribution < -0.4 is 10.6 Å². The molecule has 6 nitrogen and oxygen atoms in total. The lowest BCUT2D eigenvalue weighted by atomic mass is 10.1. The van der Waals surface area contributed by atoms with Crippen LogP contribution in [0.5, 0.6) is 0 Å². The number of hydrogen-bond acceptors (Lipinski definition) is 5. The molecule has 2 atom stereocenters. The molecule has 0 saturated carbocycles. The van der Waals surface area contributed by atoms with E-state index in [1.54, 1.807) is 13.8 Å². The van der Waals surface area contributed by atoms with Crippen LogP contribution >= 0.6 is 0 Å². The molecule has 2 unspecified atom stereocenters. The molecule has 0 bridgehead atoms. The maximum absolute atomic E-state index is 11.4. The van der Waals surface area contributed by atoms with E-state index in [0.717, 1.165) is 0 Å². The van der Waals surface area contributed by atoms with E-state index < -0.39 is 18.1 Å². The average Bonchev–Trinajstić information content (AvgIpc) is 2.22. The lowest BCUT2D eigenvalue weighted by Crippen LogP contribution is -2.54. The van der Waals surface area contributed by atoms with E-state index in [9.17, 15) is 14.4 Å². The van der Waals surface area contributed by atoms with Gasteiger partial charge in [0.15, 0.2) is 0 Å². The molecule has 0 spiro atoms. The average molecular weight is 228 g/mol. The summed E-state index contributed by atoms with van der Waals surface area (Å²) in [5, 5.41) is 5.05. The molecule has 0 aromatic heterocycles. The van der Waals surface area contributed by atoms with Crippen LogP contribution in [0.15, 0.2) is 0 Å². The lowest BCUT2D eigenvalue weighted by Gasteiger charge is -2.24. The van der Waals surface area contributed by atoms with Gasteiger partial charge >= 0.3 is 5.97 Å². The van der Waals surface area contributed by atoms with Gasteiger partial charge in [-0.05, 0) is 20.3 Å². The smallest absolute Gasteiger partial charge is 0.322 e. The van der Waals surface area contributed by atoms with Crippen LogP contribution in [0, 0.1) is 0 Å². The highest BCUT2D eigenvalue weighted by Gasteiger charge is 2.29. The number of carbonyl (C=O) groups is 3. The topological polar surface area (TPSA) is 84.5 Å². The summed E-state index contributed by atoms with van der Waals surface area (Å²) in [6.07, 6.45) is 0.702. The molecule has 1 heterocycles. The first-order chi connectivity index (χ1) is 7.54. The summed E-state index contributed by atoms with van der Waals surface area (Å²) in [5.74, 6) is -1.05. The van der Waals surface area contributed by atoms with Gasteiger partial charge in [-0.3, -0.25) is 25.0 Å². The summed E-state index contributed by atoms with van der Waals surface area (Å²) in [5.41, 5.74) is 0. The quantitative estimate of drug-likeness (QED) is 0.492. The monoisotopic (exact) mass is 228 g/mol. The molecular weight excluding hydrogens is 212 g/mol. The second-order valence-electron chi connectivity index (χ2n) is 3.64. The van der Waals surface area contributed by atoms with E-state index in [-0.39, 0.29) is 11.8 Å². The molecule has 2 N–H and O–H groups in total. The molecule has 6 heteroatoms. The second-order valence-corrected chi connectivity index (χ2v) is 3.64. The zero-order valence-electron chi connectivity index (χ0n) is 9.41. The van der Waals surface area contributed by atoms with Crippen molar-refractivity contribution in [3.8, 4) is 0 Å². The molecule has 1 aliphatic heterocycles. The van der Waals surface area contributed by atoms with Crippen molar-refractivity contribution in [1.82, 2.24) is 10.6 Å². The Morgan fingerprint density at radius 2 is 2.31 bits per heavy atom. The summed E-state index contributed by atoms with van der Waals surface area (Å²) < 4.78 is 4.80. The molecule has 0 aromatic carbocycles. The van der Waals surface area contributed by atoms with Crippen LogP contribution in [-0.2, 0) is 19.1 Å². The molecule has 2 amide bonds. The van der Waals surface area contributed by atoms with E-state index in [0.29, 0.717) is 19.4 Å². The summed E-state index contributed by atoms with van der Waals surface area (Å²) in [6.45, 7) is 3.65. The van der Waals surface area contributed by atoms with Crippen LogP contribution in [0.1, 0.15) is 26.7 Å². The standard InChI is InChI=1S/C10H16N2O4/c1-3-16-10(15)6(2)11-7-4-5-8(13)12-9(7)14/h6-7,11H,3-5H2,1-2H3,(H,12,13,14). The minimum Gasteiger partial charge on any atom is -0.465 e. The van der Waals surface area contributed by atoms with Crippen LogP contribution in [0.2, 0.25) is 0 Å². The fourth-order valence-electron chi connectivity index (χ4n) is 1.49. The van der Waals surface area contributed by atoms with Gasteiger partial charge in [0.2, 0.25) is 11.8 Å². The van der Waals surface area contributed by atoms with Gasteiger partial charge in [0.1, 0.15) is 6.04 Å². The predicted molar refractivity (Wildman–Crippen MR) is 55.4 cm³/mol. The molecule has 1 rings (SSSR count). The number of rotatable bonds is 4. The zero-order valence-corrected chi connectivity index (χ0v) is 9.41. The van der Waals surface area contributed by atoms with Crippen molar-refractivity contribution in [3.05, 3.63) is 0 Å². The first-order valence-electron chi connectivity index (χ1n) is 5.31. The van der Waals surface area contributed by atoms with E-state index in [2.05, 4.69) is 10.6 Å². The van der Waals surface area contributed by atoms with E-state index in [4.69, 9.17) is 4.74 Å². The molecule has 90 valence electrons. The molecule has 1 aliphatic rings. The highest BCUT2D eigenvalue weighted by Crippen LogP contribution is 2.05. The Kier molecular flexibility index (Phi) is 4.42. The lowest BCUT2D eigenvalue weighted by molar-refractivity contribution is -0.145. The first-order valence-corrected chi connectivity index (χ1v) is 5.31. The van der Waals surface area contributed by atoms with Crippen molar-refractivity contribution in [2.45, 2.75) is 38.8 Å². The summed E-state index contributed by atoms with van der Waals surface area (Å²) >= 11 is 0. The Morgan fingerprint density at radius 3 is 2.88 bits per heavy atom. The Hall–Kier alpha value is -1.43. The minimum absolute atomic E-state index is 0.271. The van der Waals surface area contributed by atoms with Gasteiger partial charge in [0.05, 0.1) is 12.6 Å². The van der Waals surface area contributed by atoms with Gasteiger partial charge in [0.25, 0.3) is 0 Å². The van der Waals surface area contributed by atoms with E-state index >= 15 is 0 Å². The number of carbonyl (C=O) groups excluding carboxylic acids is 3. The van der Waals surface area contributed by atoms with Gasteiger partial charge in [0, 0.05) is 6.42 Å². The maximum atomic E-state index is 11.4. The second kappa shape index (κ2) is 5.60. The Bertz CT molecular complexity index is 303. The van der Waals surface area contributed by atoms with Gasteiger partial charge in [-0.25, -0.2) is 0 Å². The van der Waals surface area contributed by atoms with Gasteiger partial charge in [-0.2, -0.15) is 0 Å². The number of imide groups is 1. The van der Waals surface area contributed by atoms with Crippen molar-refractivity contribution < 1.29 is 19.1 Å².